The third-order valence-electron chi connectivity index (χ3n) is 7.17. The van der Waals surface area contributed by atoms with Gasteiger partial charge < -0.3 is 9.84 Å². The van der Waals surface area contributed by atoms with Crippen molar-refractivity contribution in [2.24, 2.45) is 11.8 Å². The molecule has 1 aliphatic heterocycles. The quantitative estimate of drug-likeness (QED) is 0.419. The molecule has 0 aromatic carbocycles. The van der Waals surface area contributed by atoms with Crippen molar-refractivity contribution in [1.82, 2.24) is 4.98 Å². The zero-order valence-electron chi connectivity index (χ0n) is 20.0. The molecule has 1 aromatic heterocycles. The van der Waals surface area contributed by atoms with Crippen molar-refractivity contribution in [2.75, 3.05) is 6.61 Å². The summed E-state index contributed by atoms with van der Waals surface area (Å²) < 4.78 is 5.69. The number of aryl methyl sites for hydroxylation is 3. The molecule has 0 unspecified atom stereocenters. The molecule has 0 amide bonds. The summed E-state index contributed by atoms with van der Waals surface area (Å²) in [6.07, 6.45) is 13.4. The van der Waals surface area contributed by atoms with Crippen LogP contribution >= 0.6 is 0 Å². The Morgan fingerprint density at radius 3 is 2.66 bits per heavy atom. The first-order valence-corrected chi connectivity index (χ1v) is 12.7. The van der Waals surface area contributed by atoms with Gasteiger partial charge in [0.15, 0.2) is 0 Å². The molecule has 0 saturated carbocycles. The molecule has 5 nitrogen and oxygen atoms in total. The number of rotatable bonds is 12. The number of pyridine rings is 1. The second-order valence-electron chi connectivity index (χ2n) is 10.4. The van der Waals surface area contributed by atoms with Crippen LogP contribution in [0.25, 0.3) is 0 Å². The SMILES string of the molecule is CC1(C)C[C@H](C(=O)C[C@@H](CCCCCCCc2ccc3c(n2)CCCC3)C(=O)O)CCO1. The highest BCUT2D eigenvalue weighted by atomic mass is 16.5. The second kappa shape index (κ2) is 11.9. The number of fused-ring (bicyclic) bond motifs is 1. The summed E-state index contributed by atoms with van der Waals surface area (Å²) in [6, 6.07) is 4.46. The lowest BCUT2D eigenvalue weighted by Crippen LogP contribution is -2.37. The summed E-state index contributed by atoms with van der Waals surface area (Å²) in [4.78, 5) is 29.2. The maximum absolute atomic E-state index is 12.7. The molecule has 2 aliphatic rings. The van der Waals surface area contributed by atoms with Gasteiger partial charge >= 0.3 is 5.97 Å². The molecule has 0 radical (unpaired) electrons. The first-order valence-electron chi connectivity index (χ1n) is 12.7. The number of ketones is 1. The van der Waals surface area contributed by atoms with Crippen LogP contribution in [0.5, 0.6) is 0 Å². The van der Waals surface area contributed by atoms with Crippen LogP contribution in [0, 0.1) is 11.8 Å². The van der Waals surface area contributed by atoms with Crippen molar-refractivity contribution in [2.45, 2.75) is 109 Å². The van der Waals surface area contributed by atoms with Crippen LogP contribution in [0.15, 0.2) is 12.1 Å². The Bertz CT molecular complexity index is 773. The smallest absolute Gasteiger partial charge is 0.306 e. The van der Waals surface area contributed by atoms with Crippen LogP contribution in [0.3, 0.4) is 0 Å². The van der Waals surface area contributed by atoms with E-state index in [0.29, 0.717) is 25.9 Å². The Kier molecular flexibility index (Phi) is 9.27. The number of aliphatic carboxylic acids is 1. The molecule has 0 bridgehead atoms. The number of unbranched alkanes of at least 4 members (excludes halogenated alkanes) is 4. The third-order valence-corrected chi connectivity index (χ3v) is 7.17. The number of carbonyl (C=O) groups is 2. The summed E-state index contributed by atoms with van der Waals surface area (Å²) in [7, 11) is 0. The van der Waals surface area contributed by atoms with Gasteiger partial charge in [-0.2, -0.15) is 0 Å². The molecule has 1 fully saturated rings. The van der Waals surface area contributed by atoms with E-state index in [1.807, 2.05) is 13.8 Å². The van der Waals surface area contributed by atoms with Gasteiger partial charge in [0, 0.05) is 30.3 Å². The molecule has 178 valence electrons. The fourth-order valence-electron chi connectivity index (χ4n) is 5.22. The number of ether oxygens (including phenoxy) is 1. The lowest BCUT2D eigenvalue weighted by molar-refractivity contribution is -0.146. The molecule has 1 aromatic rings. The molecule has 1 N–H and O–H groups in total. The average Bonchev–Trinajstić information content (AvgIpc) is 2.76. The molecule has 1 aliphatic carbocycles. The summed E-state index contributed by atoms with van der Waals surface area (Å²) in [5.74, 6) is -1.33. The van der Waals surface area contributed by atoms with E-state index in [9.17, 15) is 14.7 Å². The zero-order chi connectivity index (χ0) is 23.0. The first kappa shape index (κ1) is 24.9. The minimum Gasteiger partial charge on any atom is -0.481 e. The topological polar surface area (TPSA) is 76.5 Å². The molecular weight excluding hydrogens is 402 g/mol. The largest absolute Gasteiger partial charge is 0.481 e. The van der Waals surface area contributed by atoms with Crippen LogP contribution in [-0.2, 0) is 33.6 Å². The molecule has 5 heteroatoms. The van der Waals surface area contributed by atoms with Crippen LogP contribution < -0.4 is 0 Å². The normalized spacial score (nSPS) is 21.0. The van der Waals surface area contributed by atoms with E-state index in [4.69, 9.17) is 9.72 Å². The summed E-state index contributed by atoms with van der Waals surface area (Å²) in [6.45, 7) is 4.59. The number of hydrogen-bond donors (Lipinski definition) is 1. The van der Waals surface area contributed by atoms with Gasteiger partial charge in [0.25, 0.3) is 0 Å². The summed E-state index contributed by atoms with van der Waals surface area (Å²) in [5, 5.41) is 9.59. The fraction of sp³-hybridized carbons (Fsp3) is 0.741. The van der Waals surface area contributed by atoms with E-state index in [1.165, 1.54) is 36.2 Å². The van der Waals surface area contributed by atoms with E-state index in [1.54, 1.807) is 0 Å². The number of carboxylic acids is 1. The predicted octanol–water partition coefficient (Wildman–Crippen LogP) is 5.71. The van der Waals surface area contributed by atoms with Gasteiger partial charge in [-0.1, -0.05) is 31.7 Å². The van der Waals surface area contributed by atoms with E-state index >= 15 is 0 Å². The number of Topliss-reactive ketones (excluding diaryl/α,β-unsaturated/α-hetero) is 1. The molecule has 0 spiro atoms. The highest BCUT2D eigenvalue weighted by Gasteiger charge is 2.34. The summed E-state index contributed by atoms with van der Waals surface area (Å²) in [5.41, 5.74) is 3.68. The second-order valence-corrected chi connectivity index (χ2v) is 10.4. The molecule has 2 heterocycles. The zero-order valence-corrected chi connectivity index (χ0v) is 20.0. The van der Waals surface area contributed by atoms with Gasteiger partial charge in [-0.3, -0.25) is 14.6 Å². The maximum atomic E-state index is 12.7. The predicted molar refractivity (Wildman–Crippen MR) is 126 cm³/mol. The first-order chi connectivity index (χ1) is 15.3. The maximum Gasteiger partial charge on any atom is 0.306 e. The fourth-order valence-corrected chi connectivity index (χ4v) is 5.22. The number of hydrogen-bond acceptors (Lipinski definition) is 4. The minimum atomic E-state index is -0.830. The van der Waals surface area contributed by atoms with Crippen LogP contribution in [0.2, 0.25) is 0 Å². The standard InChI is InChI=1S/C27H41NO4/c1-27(2)19-22(16-17-32-27)25(29)18-21(26(30)31)11-6-4-3-5-7-12-23-15-14-20-10-8-9-13-24(20)28-23/h14-15,21-22H,3-13,16-19H2,1-2H3,(H,30,31)/t21-,22-/m1/s1. The van der Waals surface area contributed by atoms with Gasteiger partial charge in [0.2, 0.25) is 0 Å². The van der Waals surface area contributed by atoms with E-state index in [0.717, 1.165) is 44.9 Å². The van der Waals surface area contributed by atoms with Gasteiger partial charge in [-0.25, -0.2) is 0 Å². The van der Waals surface area contributed by atoms with Gasteiger partial charge in [0.05, 0.1) is 11.5 Å². The number of carboxylic acid groups (broad SMARTS) is 1. The van der Waals surface area contributed by atoms with E-state index in [2.05, 4.69) is 12.1 Å². The Morgan fingerprint density at radius 2 is 1.88 bits per heavy atom. The van der Waals surface area contributed by atoms with Crippen LogP contribution in [-0.4, -0.2) is 34.1 Å². The van der Waals surface area contributed by atoms with Gasteiger partial charge in [-0.15, -0.1) is 0 Å². The highest BCUT2D eigenvalue weighted by molar-refractivity contribution is 5.85. The van der Waals surface area contributed by atoms with Crippen molar-refractivity contribution in [3.05, 3.63) is 29.1 Å². The number of nitrogens with zero attached hydrogens (tertiary/aromatic N) is 1. The number of aromatic nitrogens is 1. The van der Waals surface area contributed by atoms with Crippen molar-refractivity contribution < 1.29 is 19.4 Å². The van der Waals surface area contributed by atoms with Gasteiger partial charge in [0.1, 0.15) is 5.78 Å². The summed E-state index contributed by atoms with van der Waals surface area (Å²) >= 11 is 0. The third kappa shape index (κ3) is 7.68. The highest BCUT2D eigenvalue weighted by Crippen LogP contribution is 2.31. The Balaban J connectivity index is 1.31. The van der Waals surface area contributed by atoms with Crippen molar-refractivity contribution >= 4 is 11.8 Å². The van der Waals surface area contributed by atoms with Crippen molar-refractivity contribution in [1.29, 1.82) is 0 Å². The Hall–Kier alpha value is -1.75. The molecule has 2 atom stereocenters. The lowest BCUT2D eigenvalue weighted by Gasteiger charge is -2.35. The average molecular weight is 444 g/mol. The molecular formula is C27H41NO4. The Morgan fingerprint density at radius 1 is 1.12 bits per heavy atom. The van der Waals surface area contributed by atoms with Crippen LogP contribution in [0.4, 0.5) is 0 Å². The molecule has 3 rings (SSSR count). The molecule has 1 saturated heterocycles. The lowest BCUT2D eigenvalue weighted by atomic mass is 9.82. The van der Waals surface area contributed by atoms with Crippen LogP contribution in [0.1, 0.15) is 101 Å². The Labute approximate surface area is 193 Å². The van der Waals surface area contributed by atoms with Gasteiger partial charge in [-0.05, 0) is 83.3 Å². The number of carbonyl (C=O) groups excluding carboxylic acids is 1. The minimum absolute atomic E-state index is 0.0576. The van der Waals surface area contributed by atoms with E-state index in [-0.39, 0.29) is 23.7 Å². The molecule has 32 heavy (non-hydrogen) atoms. The van der Waals surface area contributed by atoms with E-state index < -0.39 is 11.9 Å². The van der Waals surface area contributed by atoms with Crippen molar-refractivity contribution in [3.8, 4) is 0 Å². The monoisotopic (exact) mass is 443 g/mol. The van der Waals surface area contributed by atoms with Crippen molar-refractivity contribution in [3.63, 3.8) is 0 Å².